The van der Waals surface area contributed by atoms with Crippen molar-refractivity contribution in [1.29, 1.82) is 0 Å². The minimum absolute atomic E-state index is 0.329. The van der Waals surface area contributed by atoms with Crippen LogP contribution < -0.4 is 5.73 Å². The van der Waals surface area contributed by atoms with Crippen LogP contribution in [-0.4, -0.2) is 17.1 Å². The zero-order valence-electron chi connectivity index (χ0n) is 10.4. The summed E-state index contributed by atoms with van der Waals surface area (Å²) in [5, 5.41) is 1.17. The maximum atomic E-state index is 5.91. The van der Waals surface area contributed by atoms with E-state index in [-0.39, 0.29) is 0 Å². The fraction of sp³-hybridized carbons (Fsp3) is 0.400. The van der Waals surface area contributed by atoms with Crippen LogP contribution in [0.5, 0.6) is 0 Å². The van der Waals surface area contributed by atoms with Gasteiger partial charge in [-0.25, -0.2) is 0 Å². The Labute approximate surface area is 107 Å². The van der Waals surface area contributed by atoms with E-state index in [0.29, 0.717) is 18.8 Å². The summed E-state index contributed by atoms with van der Waals surface area (Å²) in [4.78, 5) is 4.31. The number of nitrogens with two attached hydrogens (primary N) is 1. The van der Waals surface area contributed by atoms with Crippen LogP contribution in [0.4, 0.5) is 0 Å². The molecule has 2 atom stereocenters. The first-order chi connectivity index (χ1) is 8.81. The highest BCUT2D eigenvalue weighted by atomic mass is 16.5. The van der Waals surface area contributed by atoms with Crippen LogP contribution in [0, 0.1) is 0 Å². The minimum atomic E-state index is 0.329. The molecule has 94 valence electrons. The number of benzene rings is 1. The Hall–Kier alpha value is -1.45. The van der Waals surface area contributed by atoms with Gasteiger partial charge in [0.15, 0.2) is 0 Å². The van der Waals surface area contributed by atoms with Crippen LogP contribution in [0.1, 0.15) is 24.8 Å². The number of ether oxygens (including phenoxy) is 1. The third-order valence-electron chi connectivity index (χ3n) is 3.58. The molecule has 0 radical (unpaired) electrons. The fourth-order valence-electron chi connectivity index (χ4n) is 2.55. The third kappa shape index (κ3) is 2.52. The third-order valence-corrected chi connectivity index (χ3v) is 3.58. The van der Waals surface area contributed by atoms with Gasteiger partial charge in [0, 0.05) is 17.6 Å². The van der Waals surface area contributed by atoms with Crippen molar-refractivity contribution in [2.45, 2.75) is 38.0 Å². The zero-order chi connectivity index (χ0) is 12.4. The second-order valence-electron chi connectivity index (χ2n) is 5.04. The summed E-state index contributed by atoms with van der Waals surface area (Å²) < 4.78 is 5.91. The molecule has 1 aromatic heterocycles. The summed E-state index contributed by atoms with van der Waals surface area (Å²) in [7, 11) is 0. The van der Waals surface area contributed by atoms with Crippen LogP contribution in [0.2, 0.25) is 0 Å². The average Bonchev–Trinajstić information content (AvgIpc) is 2.82. The predicted octanol–water partition coefficient (Wildman–Crippen LogP) is 2.63. The molecule has 3 nitrogen and oxygen atoms in total. The van der Waals surface area contributed by atoms with E-state index in [1.54, 1.807) is 0 Å². The van der Waals surface area contributed by atoms with E-state index in [0.717, 1.165) is 24.8 Å². The van der Waals surface area contributed by atoms with Gasteiger partial charge in [0.25, 0.3) is 0 Å². The normalized spacial score (nSPS) is 23.6. The zero-order valence-corrected chi connectivity index (χ0v) is 10.4. The van der Waals surface area contributed by atoms with Gasteiger partial charge >= 0.3 is 0 Å². The molecule has 0 bridgehead atoms. The lowest BCUT2D eigenvalue weighted by molar-refractivity contribution is 0.0449. The highest BCUT2D eigenvalue weighted by molar-refractivity contribution is 5.78. The number of rotatable bonds is 3. The van der Waals surface area contributed by atoms with Gasteiger partial charge in [0.1, 0.15) is 0 Å². The number of hydrogen-bond donors (Lipinski definition) is 1. The molecule has 2 N–H and O–H groups in total. The maximum absolute atomic E-state index is 5.91. The smallest absolute Gasteiger partial charge is 0.0720 e. The summed E-state index contributed by atoms with van der Waals surface area (Å²) in [6, 6.07) is 10.7. The Bertz CT molecular complexity index is 541. The largest absolute Gasteiger partial charge is 0.373 e. The minimum Gasteiger partial charge on any atom is -0.373 e. The first-order valence-electron chi connectivity index (χ1n) is 6.52. The van der Waals surface area contributed by atoms with E-state index in [9.17, 15) is 0 Å². The second kappa shape index (κ2) is 5.04. The quantitative estimate of drug-likeness (QED) is 0.900. The van der Waals surface area contributed by atoms with Crippen LogP contribution >= 0.6 is 0 Å². The van der Waals surface area contributed by atoms with Crippen molar-refractivity contribution in [3.8, 4) is 0 Å². The summed E-state index contributed by atoms with van der Waals surface area (Å²) >= 11 is 0. The molecule has 0 saturated heterocycles. The molecule has 1 heterocycles. The van der Waals surface area contributed by atoms with Gasteiger partial charge in [-0.2, -0.15) is 0 Å². The Balaban J connectivity index is 1.67. The van der Waals surface area contributed by atoms with Crippen molar-refractivity contribution in [3.05, 3.63) is 42.1 Å². The van der Waals surface area contributed by atoms with Crippen molar-refractivity contribution >= 4 is 10.9 Å². The van der Waals surface area contributed by atoms with Gasteiger partial charge < -0.3 is 10.5 Å². The van der Waals surface area contributed by atoms with Gasteiger partial charge in [0.2, 0.25) is 0 Å². The second-order valence-corrected chi connectivity index (χ2v) is 5.04. The SMILES string of the molecule is NC1CCC(OCc2ccc3ncccc3c2)C1. The lowest BCUT2D eigenvalue weighted by Crippen LogP contribution is -2.17. The summed E-state index contributed by atoms with van der Waals surface area (Å²) in [6.45, 7) is 0.669. The molecule has 18 heavy (non-hydrogen) atoms. The van der Waals surface area contributed by atoms with Gasteiger partial charge in [-0.15, -0.1) is 0 Å². The number of pyridine rings is 1. The van der Waals surface area contributed by atoms with Crippen molar-refractivity contribution in [1.82, 2.24) is 4.98 Å². The van der Waals surface area contributed by atoms with Gasteiger partial charge in [-0.1, -0.05) is 12.1 Å². The lowest BCUT2D eigenvalue weighted by Gasteiger charge is -2.11. The van der Waals surface area contributed by atoms with E-state index in [4.69, 9.17) is 10.5 Å². The first kappa shape index (κ1) is 11.6. The van der Waals surface area contributed by atoms with E-state index in [1.165, 1.54) is 10.9 Å². The standard InChI is InChI=1S/C15H18N2O/c16-13-4-5-14(9-13)18-10-11-3-6-15-12(8-11)2-1-7-17-15/h1-3,6-8,13-14H,4-5,9-10,16H2. The molecule has 1 fully saturated rings. The molecule has 1 saturated carbocycles. The van der Waals surface area contributed by atoms with E-state index >= 15 is 0 Å². The first-order valence-corrected chi connectivity index (χ1v) is 6.52. The van der Waals surface area contributed by atoms with E-state index in [1.807, 2.05) is 12.3 Å². The highest BCUT2D eigenvalue weighted by Gasteiger charge is 2.21. The van der Waals surface area contributed by atoms with Crippen LogP contribution in [0.15, 0.2) is 36.5 Å². The Morgan fingerprint density at radius 3 is 3.06 bits per heavy atom. The Morgan fingerprint density at radius 2 is 2.22 bits per heavy atom. The van der Waals surface area contributed by atoms with Crippen molar-refractivity contribution < 1.29 is 4.74 Å². The summed E-state index contributed by atoms with van der Waals surface area (Å²) in [5.74, 6) is 0. The van der Waals surface area contributed by atoms with Crippen molar-refractivity contribution in [2.75, 3.05) is 0 Å². The molecular formula is C15H18N2O. The van der Waals surface area contributed by atoms with Crippen molar-refractivity contribution in [3.63, 3.8) is 0 Å². The van der Waals surface area contributed by atoms with Crippen LogP contribution in [0.25, 0.3) is 10.9 Å². The molecular weight excluding hydrogens is 224 g/mol. The Kier molecular flexibility index (Phi) is 3.26. The van der Waals surface area contributed by atoms with Crippen LogP contribution in [-0.2, 0) is 11.3 Å². The van der Waals surface area contributed by atoms with Crippen molar-refractivity contribution in [2.24, 2.45) is 5.73 Å². The summed E-state index contributed by atoms with van der Waals surface area (Å²) in [6.07, 6.45) is 5.33. The molecule has 2 aromatic rings. The maximum Gasteiger partial charge on any atom is 0.0720 e. The molecule has 1 aromatic carbocycles. The number of nitrogens with zero attached hydrogens (tertiary/aromatic N) is 1. The molecule has 0 spiro atoms. The fourth-order valence-corrected chi connectivity index (χ4v) is 2.55. The topological polar surface area (TPSA) is 48.1 Å². The lowest BCUT2D eigenvalue weighted by atomic mass is 10.1. The van der Waals surface area contributed by atoms with Crippen LogP contribution in [0.3, 0.4) is 0 Å². The molecule has 2 unspecified atom stereocenters. The average molecular weight is 242 g/mol. The Morgan fingerprint density at radius 1 is 1.28 bits per heavy atom. The van der Waals surface area contributed by atoms with Gasteiger partial charge in [-0.3, -0.25) is 4.98 Å². The van der Waals surface area contributed by atoms with E-state index < -0.39 is 0 Å². The molecule has 1 aliphatic rings. The highest BCUT2D eigenvalue weighted by Crippen LogP contribution is 2.22. The summed E-state index contributed by atoms with van der Waals surface area (Å²) in [5.41, 5.74) is 8.12. The van der Waals surface area contributed by atoms with Gasteiger partial charge in [-0.05, 0) is 43.0 Å². The van der Waals surface area contributed by atoms with E-state index in [2.05, 4.69) is 29.2 Å². The monoisotopic (exact) mass is 242 g/mol. The number of fused-ring (bicyclic) bond motifs is 1. The number of hydrogen-bond acceptors (Lipinski definition) is 3. The molecule has 0 aliphatic heterocycles. The molecule has 3 heteroatoms. The molecule has 3 rings (SSSR count). The molecule has 0 amide bonds. The number of aromatic nitrogens is 1. The molecule has 1 aliphatic carbocycles. The predicted molar refractivity (Wildman–Crippen MR) is 72.1 cm³/mol. The van der Waals surface area contributed by atoms with Gasteiger partial charge in [0.05, 0.1) is 18.2 Å².